The molecule has 1 aromatic rings. The van der Waals surface area contributed by atoms with Crippen LogP contribution in [0.2, 0.25) is 0 Å². The highest BCUT2D eigenvalue weighted by molar-refractivity contribution is 7.10. The van der Waals surface area contributed by atoms with E-state index in [1.54, 1.807) is 0 Å². The quantitative estimate of drug-likeness (QED) is 0.757. The number of rotatable bonds is 5. The number of carbonyl (C=O) groups is 1. The van der Waals surface area contributed by atoms with Gasteiger partial charge in [-0.25, -0.2) is 4.79 Å². The van der Waals surface area contributed by atoms with E-state index in [1.165, 1.54) is 11.4 Å². The van der Waals surface area contributed by atoms with Crippen molar-refractivity contribution in [2.75, 3.05) is 6.54 Å². The number of aliphatic hydroxyl groups is 1. The molecule has 0 aliphatic carbocycles. The largest absolute Gasteiger partial charge is 0.478 e. The first-order valence-corrected chi connectivity index (χ1v) is 5.45. The predicted octanol–water partition coefficient (Wildman–Crippen LogP) is 1.46. The Bertz CT molecular complexity index is 391. The van der Waals surface area contributed by atoms with Gasteiger partial charge in [-0.2, -0.15) is 13.2 Å². The van der Waals surface area contributed by atoms with Crippen LogP contribution in [-0.4, -0.2) is 35.0 Å². The van der Waals surface area contributed by atoms with E-state index in [9.17, 15) is 18.0 Å². The number of alkyl halides is 3. The minimum absolute atomic E-state index is 0.0884. The average molecular weight is 269 g/mol. The summed E-state index contributed by atoms with van der Waals surface area (Å²) in [6.07, 6.45) is -7.06. The summed E-state index contributed by atoms with van der Waals surface area (Å²) in [6.45, 7) is -0.533. The van der Waals surface area contributed by atoms with Gasteiger partial charge in [0.15, 0.2) is 6.10 Å². The second kappa shape index (κ2) is 5.48. The molecule has 8 heteroatoms. The zero-order valence-electron chi connectivity index (χ0n) is 8.49. The van der Waals surface area contributed by atoms with Crippen molar-refractivity contribution in [2.45, 2.75) is 18.8 Å². The normalized spacial score (nSPS) is 13.6. The average Bonchev–Trinajstić information content (AvgIpc) is 2.64. The van der Waals surface area contributed by atoms with E-state index >= 15 is 0 Å². The van der Waals surface area contributed by atoms with Crippen molar-refractivity contribution < 1.29 is 28.2 Å². The van der Waals surface area contributed by atoms with Crippen LogP contribution in [0.25, 0.3) is 0 Å². The van der Waals surface area contributed by atoms with Crippen molar-refractivity contribution in [2.24, 2.45) is 0 Å². The first-order chi connectivity index (χ1) is 7.80. The summed E-state index contributed by atoms with van der Waals surface area (Å²) in [7, 11) is 0. The van der Waals surface area contributed by atoms with Crippen LogP contribution in [0.3, 0.4) is 0 Å². The van der Waals surface area contributed by atoms with Crippen LogP contribution in [0.15, 0.2) is 11.4 Å². The highest BCUT2D eigenvalue weighted by Crippen LogP contribution is 2.19. The number of aromatic carboxylic acids is 1. The van der Waals surface area contributed by atoms with Crippen molar-refractivity contribution >= 4 is 17.3 Å². The maximum Gasteiger partial charge on any atom is 0.415 e. The molecule has 0 saturated heterocycles. The van der Waals surface area contributed by atoms with Crippen LogP contribution in [0.1, 0.15) is 15.2 Å². The second-order valence-corrected chi connectivity index (χ2v) is 4.29. The molecule has 4 nitrogen and oxygen atoms in total. The number of carboxylic acids is 1. The van der Waals surface area contributed by atoms with E-state index in [-0.39, 0.29) is 12.1 Å². The molecule has 1 aromatic heterocycles. The Morgan fingerprint density at radius 2 is 2.18 bits per heavy atom. The molecule has 3 N–H and O–H groups in total. The molecular formula is C9H10F3NO3S. The third kappa shape index (κ3) is 4.33. The number of hydrogen-bond acceptors (Lipinski definition) is 4. The number of nitrogens with one attached hydrogen (secondary N) is 1. The molecule has 0 aliphatic rings. The summed E-state index contributed by atoms with van der Waals surface area (Å²) in [5.41, 5.74) is 0.100. The number of carboxylic acid groups (broad SMARTS) is 1. The van der Waals surface area contributed by atoms with Gasteiger partial charge in [0.2, 0.25) is 0 Å². The van der Waals surface area contributed by atoms with E-state index in [4.69, 9.17) is 10.2 Å². The second-order valence-electron chi connectivity index (χ2n) is 3.30. The minimum atomic E-state index is -4.64. The summed E-state index contributed by atoms with van der Waals surface area (Å²) in [6, 6.07) is 1.37. The molecule has 1 rings (SSSR count). The molecular weight excluding hydrogens is 259 g/mol. The number of halogens is 3. The molecule has 0 aromatic carbocycles. The summed E-state index contributed by atoms with van der Waals surface area (Å²) in [5, 5.41) is 21.1. The summed E-state index contributed by atoms with van der Waals surface area (Å²) < 4.78 is 35.8. The van der Waals surface area contributed by atoms with E-state index in [0.29, 0.717) is 4.88 Å². The van der Waals surface area contributed by atoms with Gasteiger partial charge in [0.05, 0.1) is 5.56 Å². The van der Waals surface area contributed by atoms with Gasteiger partial charge in [-0.3, -0.25) is 0 Å². The van der Waals surface area contributed by atoms with Crippen molar-refractivity contribution in [3.63, 3.8) is 0 Å². The van der Waals surface area contributed by atoms with E-state index in [2.05, 4.69) is 5.32 Å². The summed E-state index contributed by atoms with van der Waals surface area (Å²) in [5.74, 6) is -1.08. The Labute approximate surface area is 98.7 Å². The maximum atomic E-state index is 11.9. The molecule has 1 unspecified atom stereocenters. The molecule has 96 valence electrons. The van der Waals surface area contributed by atoms with Gasteiger partial charge < -0.3 is 15.5 Å². The first-order valence-electron chi connectivity index (χ1n) is 4.57. The molecule has 0 spiro atoms. The molecule has 0 amide bonds. The Kier molecular flexibility index (Phi) is 4.49. The predicted molar refractivity (Wildman–Crippen MR) is 55.0 cm³/mol. The SMILES string of the molecule is O=C(O)c1csc(CNCC(O)C(F)(F)F)c1. The zero-order valence-corrected chi connectivity index (χ0v) is 9.31. The number of aliphatic hydroxyl groups excluding tert-OH is 1. The van der Waals surface area contributed by atoms with Gasteiger partial charge in [0.25, 0.3) is 0 Å². The summed E-state index contributed by atoms with van der Waals surface area (Å²) in [4.78, 5) is 11.1. The first kappa shape index (κ1) is 13.9. The highest BCUT2D eigenvalue weighted by Gasteiger charge is 2.37. The van der Waals surface area contributed by atoms with Crippen molar-refractivity contribution in [3.05, 3.63) is 21.9 Å². The minimum Gasteiger partial charge on any atom is -0.478 e. The Balaban J connectivity index is 2.38. The van der Waals surface area contributed by atoms with E-state index < -0.39 is 24.8 Å². The molecule has 17 heavy (non-hydrogen) atoms. The van der Waals surface area contributed by atoms with E-state index in [0.717, 1.165) is 11.3 Å². The van der Waals surface area contributed by atoms with Crippen LogP contribution >= 0.6 is 11.3 Å². The lowest BCUT2D eigenvalue weighted by molar-refractivity contribution is -0.201. The monoisotopic (exact) mass is 269 g/mol. The van der Waals surface area contributed by atoms with Crippen LogP contribution in [0.4, 0.5) is 13.2 Å². The Morgan fingerprint density at radius 3 is 2.65 bits per heavy atom. The van der Waals surface area contributed by atoms with Crippen molar-refractivity contribution in [1.29, 1.82) is 0 Å². The van der Waals surface area contributed by atoms with Gasteiger partial charge in [-0.1, -0.05) is 0 Å². The van der Waals surface area contributed by atoms with Crippen molar-refractivity contribution in [3.8, 4) is 0 Å². The molecule has 0 radical (unpaired) electrons. The molecule has 0 saturated carbocycles. The van der Waals surface area contributed by atoms with Gasteiger partial charge in [0.1, 0.15) is 0 Å². The third-order valence-corrected chi connectivity index (χ3v) is 2.85. The number of thiophene rings is 1. The fourth-order valence-corrected chi connectivity index (χ4v) is 1.86. The molecule has 0 aliphatic heterocycles. The molecule has 0 bridgehead atoms. The fourth-order valence-electron chi connectivity index (χ4n) is 1.03. The molecule has 1 heterocycles. The van der Waals surface area contributed by atoms with Gasteiger partial charge in [-0.15, -0.1) is 11.3 Å². The van der Waals surface area contributed by atoms with Crippen LogP contribution in [-0.2, 0) is 6.54 Å². The fraction of sp³-hybridized carbons (Fsp3) is 0.444. The Morgan fingerprint density at radius 1 is 1.53 bits per heavy atom. The smallest absolute Gasteiger partial charge is 0.415 e. The standard InChI is InChI=1S/C9H10F3NO3S/c10-9(11,12)7(14)3-13-2-6-1-5(4-17-6)8(15)16/h1,4,7,13-14H,2-3H2,(H,15,16). The number of hydrogen-bond donors (Lipinski definition) is 3. The third-order valence-electron chi connectivity index (χ3n) is 1.92. The zero-order chi connectivity index (χ0) is 13.1. The van der Waals surface area contributed by atoms with Crippen LogP contribution in [0.5, 0.6) is 0 Å². The van der Waals surface area contributed by atoms with Crippen molar-refractivity contribution in [1.82, 2.24) is 5.32 Å². The topological polar surface area (TPSA) is 69.6 Å². The van der Waals surface area contributed by atoms with Gasteiger partial charge >= 0.3 is 12.1 Å². The molecule has 1 atom stereocenters. The lowest BCUT2D eigenvalue weighted by Gasteiger charge is -2.14. The Hall–Kier alpha value is -1.12. The molecule has 0 fully saturated rings. The lowest BCUT2D eigenvalue weighted by Crippen LogP contribution is -2.38. The lowest BCUT2D eigenvalue weighted by atomic mass is 10.3. The van der Waals surface area contributed by atoms with Crippen LogP contribution in [0, 0.1) is 0 Å². The maximum absolute atomic E-state index is 11.9. The van der Waals surface area contributed by atoms with E-state index in [1.807, 2.05) is 0 Å². The van der Waals surface area contributed by atoms with Gasteiger partial charge in [0, 0.05) is 23.3 Å². The summed E-state index contributed by atoms with van der Waals surface area (Å²) >= 11 is 1.13. The highest BCUT2D eigenvalue weighted by atomic mass is 32.1. The van der Waals surface area contributed by atoms with Crippen LogP contribution < -0.4 is 5.32 Å². The van der Waals surface area contributed by atoms with Gasteiger partial charge in [-0.05, 0) is 6.07 Å².